The number of rotatable bonds is 5. The number of nitrogens with one attached hydrogen (secondary N) is 2. The number of ether oxygens (including phenoxy) is 1. The van der Waals surface area contributed by atoms with Gasteiger partial charge in [-0.05, 0) is 57.6 Å². The molecule has 1 aromatic carbocycles. The van der Waals surface area contributed by atoms with Crippen molar-refractivity contribution in [3.8, 4) is 5.75 Å². The van der Waals surface area contributed by atoms with E-state index in [-0.39, 0.29) is 12.1 Å². The number of hydrogen-bond acceptors (Lipinski definition) is 3. The van der Waals surface area contributed by atoms with Crippen LogP contribution in [0.1, 0.15) is 64.7 Å². The Hall–Kier alpha value is -1.75. The molecule has 5 nitrogen and oxygen atoms in total. The van der Waals surface area contributed by atoms with Crippen molar-refractivity contribution in [2.45, 2.75) is 88.9 Å². The highest BCUT2D eigenvalue weighted by molar-refractivity contribution is 5.91. The summed E-state index contributed by atoms with van der Waals surface area (Å²) in [5, 5.41) is 6.23. The molecule has 3 atom stereocenters. The molecule has 4 rings (SSSR count). The Bertz CT molecular complexity index is 630. The van der Waals surface area contributed by atoms with Gasteiger partial charge >= 0.3 is 6.03 Å². The zero-order valence-electron chi connectivity index (χ0n) is 16.5. The molecule has 3 aliphatic rings. The minimum atomic E-state index is -0.112. The van der Waals surface area contributed by atoms with E-state index in [4.69, 9.17) is 4.74 Å². The number of carbonyl (C=O) groups is 1. The quantitative estimate of drug-likeness (QED) is 0.799. The molecule has 0 aromatic heterocycles. The molecule has 148 valence electrons. The number of fused-ring (bicyclic) bond motifs is 2. The molecule has 3 fully saturated rings. The molecule has 1 saturated carbocycles. The van der Waals surface area contributed by atoms with Crippen molar-refractivity contribution < 1.29 is 9.53 Å². The van der Waals surface area contributed by atoms with Gasteiger partial charge in [-0.2, -0.15) is 0 Å². The van der Waals surface area contributed by atoms with E-state index in [1.807, 2.05) is 31.2 Å². The molecule has 2 bridgehead atoms. The fourth-order valence-electron chi connectivity index (χ4n) is 5.53. The Kier molecular flexibility index (Phi) is 5.86. The topological polar surface area (TPSA) is 53.6 Å². The van der Waals surface area contributed by atoms with Gasteiger partial charge in [-0.15, -0.1) is 0 Å². The summed E-state index contributed by atoms with van der Waals surface area (Å²) in [7, 11) is 0. The maximum atomic E-state index is 12.6. The van der Waals surface area contributed by atoms with Gasteiger partial charge in [0.05, 0.1) is 12.3 Å². The van der Waals surface area contributed by atoms with Crippen LogP contribution < -0.4 is 15.4 Å². The van der Waals surface area contributed by atoms with E-state index in [0.29, 0.717) is 18.7 Å². The summed E-state index contributed by atoms with van der Waals surface area (Å²) in [4.78, 5) is 15.4. The van der Waals surface area contributed by atoms with Crippen molar-refractivity contribution in [2.24, 2.45) is 0 Å². The second-order valence-corrected chi connectivity index (χ2v) is 8.32. The number of amides is 2. The molecule has 0 radical (unpaired) electrons. The van der Waals surface area contributed by atoms with Crippen molar-refractivity contribution in [3.63, 3.8) is 0 Å². The van der Waals surface area contributed by atoms with Crippen molar-refractivity contribution >= 4 is 11.7 Å². The molecule has 1 unspecified atom stereocenters. The predicted octanol–water partition coefficient (Wildman–Crippen LogP) is 4.53. The van der Waals surface area contributed by atoms with Gasteiger partial charge < -0.3 is 15.4 Å². The number of benzene rings is 1. The minimum Gasteiger partial charge on any atom is -0.492 e. The molecule has 27 heavy (non-hydrogen) atoms. The second-order valence-electron chi connectivity index (χ2n) is 8.32. The predicted molar refractivity (Wildman–Crippen MR) is 108 cm³/mol. The van der Waals surface area contributed by atoms with Gasteiger partial charge in [-0.1, -0.05) is 31.4 Å². The first-order valence-electron chi connectivity index (χ1n) is 10.8. The van der Waals surface area contributed by atoms with Gasteiger partial charge in [0.15, 0.2) is 0 Å². The highest BCUT2D eigenvalue weighted by Crippen LogP contribution is 2.39. The SMILES string of the molecule is CCOc1ccccc1NC(=O)NC1C[C@H]2CCC[C@@H](C1)N2C1CCCC1. The first-order chi connectivity index (χ1) is 13.2. The summed E-state index contributed by atoms with van der Waals surface area (Å²) < 4.78 is 5.61. The van der Waals surface area contributed by atoms with Crippen LogP contribution in [0.15, 0.2) is 24.3 Å². The summed E-state index contributed by atoms with van der Waals surface area (Å²) >= 11 is 0. The van der Waals surface area contributed by atoms with Crippen LogP contribution in [0.25, 0.3) is 0 Å². The summed E-state index contributed by atoms with van der Waals surface area (Å²) in [5.41, 5.74) is 0.737. The van der Waals surface area contributed by atoms with Crippen molar-refractivity contribution in [2.75, 3.05) is 11.9 Å². The fourth-order valence-corrected chi connectivity index (χ4v) is 5.53. The summed E-state index contributed by atoms with van der Waals surface area (Å²) in [6.07, 6.45) is 11.6. The standard InChI is InChI=1S/C22H33N3O2/c1-2-27-21-13-6-5-12-20(21)24-22(26)23-16-14-18-10-7-11-19(15-16)25(18)17-8-3-4-9-17/h5-6,12-13,16-19H,2-4,7-11,14-15H2,1H3,(H2,23,24,26)/t16?,18-,19+. The smallest absolute Gasteiger partial charge is 0.319 e. The number of carbonyl (C=O) groups excluding carboxylic acids is 1. The monoisotopic (exact) mass is 371 g/mol. The normalized spacial score (nSPS) is 28.7. The lowest BCUT2D eigenvalue weighted by molar-refractivity contribution is -0.00680. The Balaban J connectivity index is 1.36. The Morgan fingerprint density at radius 3 is 2.41 bits per heavy atom. The van der Waals surface area contributed by atoms with Crippen LogP contribution >= 0.6 is 0 Å². The Morgan fingerprint density at radius 1 is 1.04 bits per heavy atom. The highest BCUT2D eigenvalue weighted by Gasteiger charge is 2.42. The average molecular weight is 372 g/mol. The lowest BCUT2D eigenvalue weighted by Gasteiger charge is -2.51. The van der Waals surface area contributed by atoms with E-state index in [2.05, 4.69) is 15.5 Å². The van der Waals surface area contributed by atoms with E-state index < -0.39 is 0 Å². The van der Waals surface area contributed by atoms with Crippen molar-refractivity contribution in [1.29, 1.82) is 0 Å². The van der Waals surface area contributed by atoms with Crippen LogP contribution in [0.3, 0.4) is 0 Å². The number of anilines is 1. The van der Waals surface area contributed by atoms with Crippen LogP contribution in [0, 0.1) is 0 Å². The van der Waals surface area contributed by atoms with Gasteiger partial charge in [0.2, 0.25) is 0 Å². The number of para-hydroxylation sites is 2. The Morgan fingerprint density at radius 2 is 1.70 bits per heavy atom. The van der Waals surface area contributed by atoms with E-state index in [1.165, 1.54) is 44.9 Å². The van der Waals surface area contributed by atoms with Crippen LogP contribution in [-0.4, -0.2) is 41.7 Å². The largest absolute Gasteiger partial charge is 0.492 e. The third-order valence-electron chi connectivity index (χ3n) is 6.55. The third-order valence-corrected chi connectivity index (χ3v) is 6.55. The van der Waals surface area contributed by atoms with Crippen LogP contribution in [-0.2, 0) is 0 Å². The zero-order chi connectivity index (χ0) is 18.6. The van der Waals surface area contributed by atoms with Crippen LogP contribution in [0.5, 0.6) is 5.75 Å². The van der Waals surface area contributed by atoms with E-state index in [0.717, 1.165) is 30.3 Å². The number of hydrogen-bond donors (Lipinski definition) is 2. The maximum absolute atomic E-state index is 12.6. The minimum absolute atomic E-state index is 0.112. The van der Waals surface area contributed by atoms with E-state index >= 15 is 0 Å². The lowest BCUT2D eigenvalue weighted by atomic mass is 9.80. The van der Waals surface area contributed by atoms with E-state index in [9.17, 15) is 4.79 Å². The molecule has 1 aromatic rings. The molecule has 1 aliphatic carbocycles. The lowest BCUT2D eigenvalue weighted by Crippen LogP contribution is -2.59. The van der Waals surface area contributed by atoms with Gasteiger partial charge in [0.25, 0.3) is 0 Å². The molecule has 2 heterocycles. The second kappa shape index (κ2) is 8.51. The first kappa shape index (κ1) is 18.6. The third kappa shape index (κ3) is 4.23. The maximum Gasteiger partial charge on any atom is 0.319 e. The average Bonchev–Trinajstić information content (AvgIpc) is 3.17. The van der Waals surface area contributed by atoms with Crippen molar-refractivity contribution in [1.82, 2.24) is 10.2 Å². The van der Waals surface area contributed by atoms with Gasteiger partial charge in [-0.25, -0.2) is 4.79 Å². The Labute approximate surface area is 162 Å². The summed E-state index contributed by atoms with van der Waals surface area (Å²) in [5.74, 6) is 0.725. The highest BCUT2D eigenvalue weighted by atomic mass is 16.5. The first-order valence-corrected chi connectivity index (χ1v) is 10.8. The van der Waals surface area contributed by atoms with Crippen LogP contribution in [0.4, 0.5) is 10.5 Å². The molecule has 5 heteroatoms. The number of piperidine rings is 2. The number of nitrogens with zero attached hydrogens (tertiary/aromatic N) is 1. The number of urea groups is 1. The van der Waals surface area contributed by atoms with Gasteiger partial charge in [-0.3, -0.25) is 4.90 Å². The molecule has 2 N–H and O–H groups in total. The van der Waals surface area contributed by atoms with Crippen molar-refractivity contribution in [3.05, 3.63) is 24.3 Å². The van der Waals surface area contributed by atoms with Crippen LogP contribution in [0.2, 0.25) is 0 Å². The summed E-state index contributed by atoms with van der Waals surface area (Å²) in [6, 6.07) is 9.90. The van der Waals surface area contributed by atoms with Gasteiger partial charge in [0.1, 0.15) is 5.75 Å². The van der Waals surface area contributed by atoms with Gasteiger partial charge in [0, 0.05) is 24.2 Å². The molecule has 2 amide bonds. The molecule has 2 saturated heterocycles. The fraction of sp³-hybridized carbons (Fsp3) is 0.682. The molecular weight excluding hydrogens is 338 g/mol. The molecule has 0 spiro atoms. The molecule has 2 aliphatic heterocycles. The summed E-state index contributed by atoms with van der Waals surface area (Å²) in [6.45, 7) is 2.54. The van der Waals surface area contributed by atoms with E-state index in [1.54, 1.807) is 0 Å². The molecular formula is C22H33N3O2. The zero-order valence-corrected chi connectivity index (χ0v) is 16.5.